The Balaban J connectivity index is 1.55. The van der Waals surface area contributed by atoms with Crippen molar-refractivity contribution in [2.45, 2.75) is 0 Å². The molecule has 7 rings (SSSR count). The summed E-state index contributed by atoms with van der Waals surface area (Å²) < 4.78 is 0. The lowest BCUT2D eigenvalue weighted by Gasteiger charge is -2.26. The van der Waals surface area contributed by atoms with Gasteiger partial charge in [-0.05, 0) is 79.5 Å². The van der Waals surface area contributed by atoms with Crippen LogP contribution < -0.4 is 4.90 Å². The summed E-state index contributed by atoms with van der Waals surface area (Å²) in [6.45, 7) is 0. The molecule has 0 aliphatic heterocycles. The van der Waals surface area contributed by atoms with E-state index in [4.69, 9.17) is 0 Å². The topological polar surface area (TPSA) is 3.24 Å². The molecule has 0 saturated heterocycles. The first kappa shape index (κ1) is 19.8. The second kappa shape index (κ2) is 8.00. The summed E-state index contributed by atoms with van der Waals surface area (Å²) in [7, 11) is 0. The molecule has 0 N–H and O–H groups in total. The quantitative estimate of drug-likeness (QED) is 0.245. The zero-order chi connectivity index (χ0) is 23.2. The van der Waals surface area contributed by atoms with Crippen LogP contribution >= 0.6 is 0 Å². The number of anilines is 3. The van der Waals surface area contributed by atoms with Crippen LogP contribution in [0.5, 0.6) is 0 Å². The highest BCUT2D eigenvalue weighted by Crippen LogP contribution is 2.40. The Bertz CT molecular complexity index is 1800. The van der Waals surface area contributed by atoms with Crippen molar-refractivity contribution < 1.29 is 0 Å². The molecule has 0 heterocycles. The summed E-state index contributed by atoms with van der Waals surface area (Å²) >= 11 is 0. The van der Waals surface area contributed by atoms with Crippen molar-refractivity contribution >= 4 is 60.2 Å². The fraction of sp³-hybridized carbons (Fsp3) is 0. The molecule has 1 nitrogen and oxygen atoms in total. The largest absolute Gasteiger partial charge is 0.310 e. The summed E-state index contributed by atoms with van der Waals surface area (Å²) in [5, 5.41) is 10.3. The summed E-state index contributed by atoms with van der Waals surface area (Å²) in [6.07, 6.45) is 0. The summed E-state index contributed by atoms with van der Waals surface area (Å²) in [4.78, 5) is 2.33. The van der Waals surface area contributed by atoms with Crippen molar-refractivity contribution in [2.24, 2.45) is 0 Å². The standard InChI is InChI=1S/C34H23N/c1-3-10-27(11-4-1)35(28-12-5-2-6-13-28)29-20-17-25-15-16-26-19-21-31-30-14-8-7-9-24(30)18-22-32(31)34(26)33(25)23-29/h1-23H. The minimum absolute atomic E-state index is 1.15. The van der Waals surface area contributed by atoms with Crippen LogP contribution in [0.3, 0.4) is 0 Å². The van der Waals surface area contributed by atoms with Crippen LogP contribution in [0.1, 0.15) is 0 Å². The lowest BCUT2D eigenvalue weighted by atomic mass is 9.93. The first-order valence-corrected chi connectivity index (χ1v) is 12.0. The number of nitrogens with zero attached hydrogens (tertiary/aromatic N) is 1. The molecule has 35 heavy (non-hydrogen) atoms. The average molecular weight is 446 g/mol. The number of rotatable bonds is 3. The Kier molecular flexibility index (Phi) is 4.53. The van der Waals surface area contributed by atoms with Gasteiger partial charge in [-0.3, -0.25) is 0 Å². The summed E-state index contributed by atoms with van der Waals surface area (Å²) in [5.41, 5.74) is 3.45. The Morgan fingerprint density at radius 3 is 1.63 bits per heavy atom. The second-order valence-electron chi connectivity index (χ2n) is 9.02. The van der Waals surface area contributed by atoms with E-state index in [1.807, 2.05) is 0 Å². The van der Waals surface area contributed by atoms with Gasteiger partial charge < -0.3 is 4.90 Å². The molecule has 0 bridgehead atoms. The van der Waals surface area contributed by atoms with Crippen molar-refractivity contribution in [3.63, 3.8) is 0 Å². The number of para-hydroxylation sites is 2. The van der Waals surface area contributed by atoms with E-state index in [1.165, 1.54) is 43.1 Å². The van der Waals surface area contributed by atoms with E-state index in [-0.39, 0.29) is 0 Å². The first-order valence-electron chi connectivity index (χ1n) is 12.0. The molecule has 0 fully saturated rings. The molecule has 0 radical (unpaired) electrons. The van der Waals surface area contributed by atoms with Gasteiger partial charge in [0.2, 0.25) is 0 Å². The minimum atomic E-state index is 1.15. The molecule has 0 spiro atoms. The van der Waals surface area contributed by atoms with E-state index in [1.54, 1.807) is 0 Å². The lowest BCUT2D eigenvalue weighted by Crippen LogP contribution is -2.09. The van der Waals surface area contributed by atoms with E-state index < -0.39 is 0 Å². The Morgan fingerprint density at radius 2 is 0.857 bits per heavy atom. The molecule has 0 aliphatic carbocycles. The highest BCUT2D eigenvalue weighted by atomic mass is 15.1. The van der Waals surface area contributed by atoms with E-state index in [9.17, 15) is 0 Å². The highest BCUT2D eigenvalue weighted by molar-refractivity contribution is 6.25. The monoisotopic (exact) mass is 445 g/mol. The molecular weight excluding hydrogens is 422 g/mol. The van der Waals surface area contributed by atoms with Crippen molar-refractivity contribution in [3.05, 3.63) is 140 Å². The van der Waals surface area contributed by atoms with Gasteiger partial charge in [-0.1, -0.05) is 103 Å². The molecule has 1 heteroatoms. The van der Waals surface area contributed by atoms with Crippen molar-refractivity contribution in [2.75, 3.05) is 4.90 Å². The van der Waals surface area contributed by atoms with E-state index in [0.717, 1.165) is 17.1 Å². The van der Waals surface area contributed by atoms with Gasteiger partial charge in [0.25, 0.3) is 0 Å². The number of fused-ring (bicyclic) bond motifs is 7. The predicted molar refractivity (Wildman–Crippen MR) is 151 cm³/mol. The van der Waals surface area contributed by atoms with E-state index >= 15 is 0 Å². The SMILES string of the molecule is c1ccc(N(c2ccccc2)c2ccc3ccc4ccc5c6ccccc6ccc5c4c3c2)cc1. The Morgan fingerprint density at radius 1 is 0.314 bits per heavy atom. The smallest absolute Gasteiger partial charge is 0.0468 e. The average Bonchev–Trinajstić information content (AvgIpc) is 2.93. The fourth-order valence-electron chi connectivity index (χ4n) is 5.37. The molecule has 0 aromatic heterocycles. The van der Waals surface area contributed by atoms with E-state index in [2.05, 4.69) is 144 Å². The lowest BCUT2D eigenvalue weighted by molar-refractivity contribution is 1.29. The van der Waals surface area contributed by atoms with Crippen LogP contribution in [-0.2, 0) is 0 Å². The first-order chi connectivity index (χ1) is 17.4. The Hall–Kier alpha value is -4.62. The molecule has 7 aromatic carbocycles. The molecular formula is C34H23N. The number of hydrogen-bond acceptors (Lipinski definition) is 1. The molecule has 7 aromatic rings. The van der Waals surface area contributed by atoms with Gasteiger partial charge in [-0.25, -0.2) is 0 Å². The fourth-order valence-corrected chi connectivity index (χ4v) is 5.37. The van der Waals surface area contributed by atoms with Crippen molar-refractivity contribution in [3.8, 4) is 0 Å². The van der Waals surface area contributed by atoms with Crippen molar-refractivity contribution in [1.82, 2.24) is 0 Å². The normalized spacial score (nSPS) is 11.4. The minimum Gasteiger partial charge on any atom is -0.310 e. The zero-order valence-corrected chi connectivity index (χ0v) is 19.2. The molecule has 164 valence electrons. The van der Waals surface area contributed by atoms with Gasteiger partial charge in [-0.2, -0.15) is 0 Å². The maximum atomic E-state index is 2.35. The van der Waals surface area contributed by atoms with Gasteiger partial charge in [0.05, 0.1) is 0 Å². The molecule has 0 atom stereocenters. The summed E-state index contributed by atoms with van der Waals surface area (Å²) in [6, 6.07) is 50.3. The molecule has 0 aliphatic rings. The second-order valence-corrected chi connectivity index (χ2v) is 9.02. The van der Waals surface area contributed by atoms with Gasteiger partial charge in [0.15, 0.2) is 0 Å². The highest BCUT2D eigenvalue weighted by Gasteiger charge is 2.14. The van der Waals surface area contributed by atoms with Crippen molar-refractivity contribution in [1.29, 1.82) is 0 Å². The summed E-state index contributed by atoms with van der Waals surface area (Å²) in [5.74, 6) is 0. The van der Waals surface area contributed by atoms with Crippen LogP contribution in [0, 0.1) is 0 Å². The molecule has 0 unspecified atom stereocenters. The zero-order valence-electron chi connectivity index (χ0n) is 19.2. The third-order valence-corrected chi connectivity index (χ3v) is 6.99. The van der Waals surface area contributed by atoms with E-state index in [0.29, 0.717) is 0 Å². The van der Waals surface area contributed by atoms with Gasteiger partial charge >= 0.3 is 0 Å². The van der Waals surface area contributed by atoms with Crippen LogP contribution in [0.15, 0.2) is 140 Å². The van der Waals surface area contributed by atoms with Crippen LogP contribution in [0.2, 0.25) is 0 Å². The van der Waals surface area contributed by atoms with Gasteiger partial charge in [0, 0.05) is 17.1 Å². The third-order valence-electron chi connectivity index (χ3n) is 6.99. The Labute approximate surface area is 204 Å². The van der Waals surface area contributed by atoms with Crippen LogP contribution in [-0.4, -0.2) is 0 Å². The maximum Gasteiger partial charge on any atom is 0.0468 e. The van der Waals surface area contributed by atoms with Crippen LogP contribution in [0.4, 0.5) is 17.1 Å². The van der Waals surface area contributed by atoms with Crippen LogP contribution in [0.25, 0.3) is 43.1 Å². The predicted octanol–water partition coefficient (Wildman–Crippen LogP) is 9.77. The number of benzene rings is 7. The third kappa shape index (κ3) is 3.25. The molecule has 0 saturated carbocycles. The maximum absolute atomic E-state index is 2.35. The molecule has 0 amide bonds. The number of hydrogen-bond donors (Lipinski definition) is 0. The van der Waals surface area contributed by atoms with Gasteiger partial charge in [-0.15, -0.1) is 0 Å². The van der Waals surface area contributed by atoms with Gasteiger partial charge in [0.1, 0.15) is 0 Å².